The van der Waals surface area contributed by atoms with Crippen molar-refractivity contribution in [2.45, 2.75) is 32.7 Å². The molecule has 2 aromatic rings. The second-order valence-electron chi connectivity index (χ2n) is 4.90. The van der Waals surface area contributed by atoms with Crippen molar-refractivity contribution in [3.05, 3.63) is 58.8 Å². The van der Waals surface area contributed by atoms with E-state index in [4.69, 9.17) is 0 Å². The number of hydrogen-bond acceptors (Lipinski definition) is 3. The molecule has 1 aromatic carbocycles. The summed E-state index contributed by atoms with van der Waals surface area (Å²) >= 11 is 0. The van der Waals surface area contributed by atoms with Crippen molar-refractivity contribution in [1.29, 1.82) is 0 Å². The van der Waals surface area contributed by atoms with Crippen LogP contribution in [-0.4, -0.2) is 15.5 Å². The molecular weight excluding hydrogens is 266 g/mol. The normalized spacial score (nSPS) is 10.3. The molecule has 0 aliphatic carbocycles. The standard InChI is InChI=1S/C16H19N3O2/c1-2-3-4-13-5-7-14(8-6-13)18-15(20)11-19-12-17-10-9-16(19)21/h5-10,12H,2-4,11H2,1H3,(H,18,20). The number of carbonyl (C=O) groups excluding carboxylic acids is 1. The molecule has 2 rings (SSSR count). The van der Waals surface area contributed by atoms with Gasteiger partial charge >= 0.3 is 0 Å². The summed E-state index contributed by atoms with van der Waals surface area (Å²) in [6.07, 6.45) is 6.14. The van der Waals surface area contributed by atoms with Crippen molar-refractivity contribution in [3.63, 3.8) is 0 Å². The largest absolute Gasteiger partial charge is 0.325 e. The maximum absolute atomic E-state index is 11.9. The summed E-state index contributed by atoms with van der Waals surface area (Å²) in [7, 11) is 0. The first-order valence-electron chi connectivity index (χ1n) is 7.08. The maximum atomic E-state index is 11.9. The Morgan fingerprint density at radius 1 is 1.24 bits per heavy atom. The van der Waals surface area contributed by atoms with Crippen molar-refractivity contribution in [3.8, 4) is 0 Å². The number of nitrogens with one attached hydrogen (secondary N) is 1. The molecule has 0 bridgehead atoms. The van der Waals surface area contributed by atoms with E-state index in [1.54, 1.807) is 0 Å². The lowest BCUT2D eigenvalue weighted by Crippen LogP contribution is -2.26. The molecule has 0 fully saturated rings. The zero-order valence-electron chi connectivity index (χ0n) is 12.1. The number of aryl methyl sites for hydroxylation is 1. The van der Waals surface area contributed by atoms with Gasteiger partial charge in [0.05, 0.1) is 6.33 Å². The molecule has 5 heteroatoms. The van der Waals surface area contributed by atoms with Gasteiger partial charge in [-0.1, -0.05) is 25.5 Å². The second-order valence-corrected chi connectivity index (χ2v) is 4.90. The Morgan fingerprint density at radius 3 is 2.67 bits per heavy atom. The van der Waals surface area contributed by atoms with Gasteiger partial charge < -0.3 is 5.32 Å². The molecule has 0 radical (unpaired) electrons. The van der Waals surface area contributed by atoms with Gasteiger partial charge in [0.25, 0.3) is 5.56 Å². The van der Waals surface area contributed by atoms with Crippen molar-refractivity contribution >= 4 is 11.6 Å². The lowest BCUT2D eigenvalue weighted by molar-refractivity contribution is -0.116. The van der Waals surface area contributed by atoms with Crippen LogP contribution in [0.25, 0.3) is 0 Å². The number of unbranched alkanes of at least 4 members (excludes halogenated alkanes) is 1. The summed E-state index contributed by atoms with van der Waals surface area (Å²) in [4.78, 5) is 27.2. The molecule has 0 atom stereocenters. The molecule has 1 heterocycles. The molecule has 0 aliphatic heterocycles. The van der Waals surface area contributed by atoms with Crippen LogP contribution >= 0.6 is 0 Å². The van der Waals surface area contributed by atoms with E-state index < -0.39 is 0 Å². The topological polar surface area (TPSA) is 64.0 Å². The fraction of sp³-hybridized carbons (Fsp3) is 0.312. The minimum absolute atomic E-state index is 0.0374. The zero-order chi connectivity index (χ0) is 15.1. The highest BCUT2D eigenvalue weighted by Crippen LogP contribution is 2.11. The lowest BCUT2D eigenvalue weighted by atomic mass is 10.1. The van der Waals surface area contributed by atoms with Crippen LogP contribution in [0, 0.1) is 0 Å². The Labute approximate surface area is 123 Å². The van der Waals surface area contributed by atoms with E-state index in [0.29, 0.717) is 0 Å². The first kappa shape index (κ1) is 15.0. The predicted octanol–water partition coefficient (Wildman–Crippen LogP) is 2.22. The van der Waals surface area contributed by atoms with Crippen LogP contribution in [0.4, 0.5) is 5.69 Å². The van der Waals surface area contributed by atoms with Crippen molar-refractivity contribution in [1.82, 2.24) is 9.55 Å². The number of nitrogens with zero attached hydrogens (tertiary/aromatic N) is 2. The Balaban J connectivity index is 1.93. The third-order valence-electron chi connectivity index (χ3n) is 3.16. The second kappa shape index (κ2) is 7.38. The summed E-state index contributed by atoms with van der Waals surface area (Å²) in [6, 6.07) is 9.13. The molecule has 21 heavy (non-hydrogen) atoms. The van der Waals surface area contributed by atoms with Crippen LogP contribution in [-0.2, 0) is 17.8 Å². The van der Waals surface area contributed by atoms with E-state index in [1.165, 1.54) is 35.1 Å². The number of carbonyl (C=O) groups is 1. The fourth-order valence-corrected chi connectivity index (χ4v) is 1.99. The van der Waals surface area contributed by atoms with Gasteiger partial charge in [-0.2, -0.15) is 0 Å². The Bertz CT molecular complexity index is 647. The average molecular weight is 285 g/mol. The minimum atomic E-state index is -0.244. The molecule has 110 valence electrons. The minimum Gasteiger partial charge on any atom is -0.325 e. The fourth-order valence-electron chi connectivity index (χ4n) is 1.99. The highest BCUT2D eigenvalue weighted by atomic mass is 16.2. The van der Waals surface area contributed by atoms with Crippen LogP contribution < -0.4 is 10.9 Å². The number of anilines is 1. The van der Waals surface area contributed by atoms with Crippen LogP contribution in [0.5, 0.6) is 0 Å². The van der Waals surface area contributed by atoms with Crippen molar-refractivity contribution in [2.75, 3.05) is 5.32 Å². The van der Waals surface area contributed by atoms with Gasteiger partial charge in [-0.3, -0.25) is 14.2 Å². The van der Waals surface area contributed by atoms with E-state index in [2.05, 4.69) is 17.2 Å². The Hall–Kier alpha value is -2.43. The van der Waals surface area contributed by atoms with Gasteiger partial charge in [0.2, 0.25) is 5.91 Å². The van der Waals surface area contributed by atoms with E-state index >= 15 is 0 Å². The van der Waals surface area contributed by atoms with Gasteiger partial charge in [0.1, 0.15) is 6.54 Å². The smallest absolute Gasteiger partial charge is 0.253 e. The summed E-state index contributed by atoms with van der Waals surface area (Å²) in [5.74, 6) is -0.244. The van der Waals surface area contributed by atoms with Crippen LogP contribution in [0.3, 0.4) is 0 Å². The Morgan fingerprint density at radius 2 is 2.00 bits per heavy atom. The molecule has 0 saturated heterocycles. The summed E-state index contributed by atoms with van der Waals surface area (Å²) < 4.78 is 1.27. The van der Waals surface area contributed by atoms with Crippen molar-refractivity contribution < 1.29 is 4.79 Å². The third kappa shape index (κ3) is 4.56. The summed E-state index contributed by atoms with van der Waals surface area (Å²) in [6.45, 7) is 2.12. The number of aromatic nitrogens is 2. The number of hydrogen-bond donors (Lipinski definition) is 1. The molecule has 5 nitrogen and oxygen atoms in total. The average Bonchev–Trinajstić information content (AvgIpc) is 2.49. The van der Waals surface area contributed by atoms with E-state index in [9.17, 15) is 9.59 Å². The highest BCUT2D eigenvalue weighted by molar-refractivity contribution is 5.90. The molecule has 1 N–H and O–H groups in total. The van der Waals surface area contributed by atoms with E-state index in [1.807, 2.05) is 24.3 Å². The van der Waals surface area contributed by atoms with Gasteiger partial charge in [-0.15, -0.1) is 0 Å². The zero-order valence-corrected chi connectivity index (χ0v) is 12.1. The maximum Gasteiger partial charge on any atom is 0.253 e. The Kier molecular flexibility index (Phi) is 5.26. The molecule has 1 aromatic heterocycles. The summed E-state index contributed by atoms with van der Waals surface area (Å²) in [5.41, 5.74) is 1.76. The third-order valence-corrected chi connectivity index (χ3v) is 3.16. The molecule has 1 amide bonds. The molecule has 0 unspecified atom stereocenters. The highest BCUT2D eigenvalue weighted by Gasteiger charge is 2.05. The quantitative estimate of drug-likeness (QED) is 0.885. The monoisotopic (exact) mass is 285 g/mol. The van der Waals surface area contributed by atoms with Crippen LogP contribution in [0.15, 0.2) is 47.7 Å². The van der Waals surface area contributed by atoms with Gasteiger partial charge in [0.15, 0.2) is 0 Å². The molecular formula is C16H19N3O2. The first-order chi connectivity index (χ1) is 10.2. The van der Waals surface area contributed by atoms with Gasteiger partial charge in [-0.05, 0) is 30.5 Å². The molecule has 0 spiro atoms. The molecule has 0 saturated carbocycles. The SMILES string of the molecule is CCCCc1ccc(NC(=O)Cn2cnccc2=O)cc1. The number of rotatable bonds is 6. The van der Waals surface area contributed by atoms with Crippen molar-refractivity contribution in [2.24, 2.45) is 0 Å². The molecule has 0 aliphatic rings. The van der Waals surface area contributed by atoms with Crippen LogP contribution in [0.2, 0.25) is 0 Å². The van der Waals surface area contributed by atoms with Gasteiger partial charge in [-0.25, -0.2) is 4.98 Å². The van der Waals surface area contributed by atoms with Crippen LogP contribution in [0.1, 0.15) is 25.3 Å². The predicted molar refractivity (Wildman–Crippen MR) is 82.2 cm³/mol. The number of amides is 1. The first-order valence-corrected chi connectivity index (χ1v) is 7.08. The van der Waals surface area contributed by atoms with E-state index in [-0.39, 0.29) is 18.0 Å². The van der Waals surface area contributed by atoms with E-state index in [0.717, 1.165) is 18.5 Å². The summed E-state index contributed by atoms with van der Waals surface area (Å²) in [5, 5.41) is 2.77. The van der Waals surface area contributed by atoms with Gasteiger partial charge in [0, 0.05) is 18.0 Å². The lowest BCUT2D eigenvalue weighted by Gasteiger charge is -2.07. The number of benzene rings is 1.